The van der Waals surface area contributed by atoms with Gasteiger partial charge in [-0.2, -0.15) is 0 Å². The molecule has 0 N–H and O–H groups in total. The highest BCUT2D eigenvalue weighted by Gasteiger charge is 2.21. The van der Waals surface area contributed by atoms with Gasteiger partial charge in [0.25, 0.3) is 0 Å². The number of hydrogen-bond acceptors (Lipinski definition) is 6. The van der Waals surface area contributed by atoms with Crippen molar-refractivity contribution in [1.29, 1.82) is 0 Å². The van der Waals surface area contributed by atoms with Crippen LogP contribution in [0.1, 0.15) is 0 Å². The minimum atomic E-state index is -0.284. The summed E-state index contributed by atoms with van der Waals surface area (Å²) in [6.07, 6.45) is 4.99. The maximum atomic E-state index is 13.4. The molecule has 0 atom stereocenters. The summed E-state index contributed by atoms with van der Waals surface area (Å²) in [5, 5.41) is 0.873. The quantitative estimate of drug-likeness (QED) is 0.720. The van der Waals surface area contributed by atoms with Gasteiger partial charge in [0.1, 0.15) is 18.0 Å². The molecule has 0 saturated carbocycles. The van der Waals surface area contributed by atoms with E-state index in [0.29, 0.717) is 5.52 Å². The van der Waals surface area contributed by atoms with E-state index in [2.05, 4.69) is 29.7 Å². The number of hydrogen-bond donors (Lipinski definition) is 0. The first-order valence-corrected chi connectivity index (χ1v) is 7.48. The van der Waals surface area contributed by atoms with E-state index in [1.54, 1.807) is 18.5 Å². The van der Waals surface area contributed by atoms with Crippen LogP contribution < -0.4 is 9.80 Å². The zero-order chi connectivity index (χ0) is 15.6. The standard InChI is InChI=1S/C16H15FN6/c17-12-2-3-13-14(10-12)20-11-21-15(13)22-6-8-23(9-7-22)16-18-4-1-5-19-16/h1-5,10-11H,6-9H2. The summed E-state index contributed by atoms with van der Waals surface area (Å²) in [6, 6.07) is 6.44. The van der Waals surface area contributed by atoms with Crippen LogP contribution in [0.2, 0.25) is 0 Å². The van der Waals surface area contributed by atoms with E-state index in [-0.39, 0.29) is 5.82 Å². The molecule has 0 amide bonds. The molecule has 0 bridgehead atoms. The molecule has 3 heterocycles. The van der Waals surface area contributed by atoms with Crippen LogP contribution in [0.25, 0.3) is 10.9 Å². The van der Waals surface area contributed by atoms with Crippen molar-refractivity contribution in [2.24, 2.45) is 0 Å². The zero-order valence-corrected chi connectivity index (χ0v) is 12.4. The lowest BCUT2D eigenvalue weighted by atomic mass is 10.2. The summed E-state index contributed by atoms with van der Waals surface area (Å²) in [5.74, 6) is 1.32. The van der Waals surface area contributed by atoms with Crippen LogP contribution in [0.4, 0.5) is 16.2 Å². The van der Waals surface area contributed by atoms with Gasteiger partial charge in [0.05, 0.1) is 5.52 Å². The van der Waals surface area contributed by atoms with Crippen LogP contribution in [0, 0.1) is 5.82 Å². The average Bonchev–Trinajstić information content (AvgIpc) is 2.62. The van der Waals surface area contributed by atoms with Crippen molar-refractivity contribution in [3.8, 4) is 0 Å². The summed E-state index contributed by atoms with van der Waals surface area (Å²) >= 11 is 0. The molecule has 4 rings (SSSR count). The number of halogens is 1. The Morgan fingerprint density at radius 1 is 0.870 bits per heavy atom. The SMILES string of the molecule is Fc1ccc2c(N3CCN(c4ncccn4)CC3)ncnc2c1. The minimum absolute atomic E-state index is 0.284. The molecule has 0 aliphatic carbocycles. The van der Waals surface area contributed by atoms with Gasteiger partial charge in [0.15, 0.2) is 0 Å². The molecule has 2 aromatic heterocycles. The third-order valence-electron chi connectivity index (χ3n) is 3.99. The smallest absolute Gasteiger partial charge is 0.225 e. The van der Waals surface area contributed by atoms with Crippen molar-refractivity contribution < 1.29 is 4.39 Å². The van der Waals surface area contributed by atoms with Gasteiger partial charge in [-0.25, -0.2) is 24.3 Å². The van der Waals surface area contributed by atoms with Crippen molar-refractivity contribution >= 4 is 22.7 Å². The van der Waals surface area contributed by atoms with Gasteiger partial charge >= 0.3 is 0 Å². The first kappa shape index (κ1) is 13.8. The fourth-order valence-corrected chi connectivity index (χ4v) is 2.84. The van der Waals surface area contributed by atoms with Crippen LogP contribution in [0.15, 0.2) is 43.0 Å². The predicted molar refractivity (Wildman–Crippen MR) is 86.0 cm³/mol. The van der Waals surface area contributed by atoms with Crippen LogP contribution in [-0.2, 0) is 0 Å². The predicted octanol–water partition coefficient (Wildman–Crippen LogP) is 1.89. The summed E-state index contributed by atoms with van der Waals surface area (Å²) in [7, 11) is 0. The second kappa shape index (κ2) is 5.75. The molecule has 0 spiro atoms. The highest BCUT2D eigenvalue weighted by Crippen LogP contribution is 2.24. The molecule has 0 radical (unpaired) electrons. The summed E-state index contributed by atoms with van der Waals surface area (Å²) < 4.78 is 13.4. The van der Waals surface area contributed by atoms with Gasteiger partial charge < -0.3 is 9.80 Å². The fraction of sp³-hybridized carbons (Fsp3) is 0.250. The highest BCUT2D eigenvalue weighted by molar-refractivity contribution is 5.89. The fourth-order valence-electron chi connectivity index (χ4n) is 2.84. The van der Waals surface area contributed by atoms with Crippen molar-refractivity contribution in [1.82, 2.24) is 19.9 Å². The third-order valence-corrected chi connectivity index (χ3v) is 3.99. The molecular weight excluding hydrogens is 295 g/mol. The lowest BCUT2D eigenvalue weighted by Crippen LogP contribution is -2.47. The lowest BCUT2D eigenvalue weighted by molar-refractivity contribution is 0.628. The van der Waals surface area contributed by atoms with Gasteiger partial charge in [-0.05, 0) is 18.2 Å². The normalized spacial score (nSPS) is 15.2. The van der Waals surface area contributed by atoms with E-state index in [1.165, 1.54) is 18.5 Å². The Balaban J connectivity index is 1.57. The van der Waals surface area contributed by atoms with Gasteiger partial charge in [-0.3, -0.25) is 0 Å². The van der Waals surface area contributed by atoms with Crippen molar-refractivity contribution in [2.75, 3.05) is 36.0 Å². The second-order valence-corrected chi connectivity index (χ2v) is 5.38. The van der Waals surface area contributed by atoms with Crippen molar-refractivity contribution in [3.05, 3.63) is 48.8 Å². The van der Waals surface area contributed by atoms with E-state index >= 15 is 0 Å². The topological polar surface area (TPSA) is 58.0 Å². The molecule has 116 valence electrons. The van der Waals surface area contributed by atoms with Crippen molar-refractivity contribution in [2.45, 2.75) is 0 Å². The zero-order valence-electron chi connectivity index (χ0n) is 12.4. The van der Waals surface area contributed by atoms with E-state index in [9.17, 15) is 4.39 Å². The lowest BCUT2D eigenvalue weighted by Gasteiger charge is -2.35. The Hall–Kier alpha value is -2.83. The Labute approximate surface area is 132 Å². The molecule has 7 heteroatoms. The molecule has 1 aliphatic heterocycles. The maximum Gasteiger partial charge on any atom is 0.225 e. The maximum absolute atomic E-state index is 13.4. The van der Waals surface area contributed by atoms with Crippen LogP contribution in [-0.4, -0.2) is 46.1 Å². The number of benzene rings is 1. The van der Waals surface area contributed by atoms with E-state index in [0.717, 1.165) is 43.3 Å². The molecule has 23 heavy (non-hydrogen) atoms. The van der Waals surface area contributed by atoms with Crippen molar-refractivity contribution in [3.63, 3.8) is 0 Å². The molecule has 1 fully saturated rings. The van der Waals surface area contributed by atoms with Crippen LogP contribution in [0.5, 0.6) is 0 Å². The Morgan fingerprint density at radius 3 is 2.39 bits per heavy atom. The molecular formula is C16H15FN6. The van der Waals surface area contributed by atoms with E-state index in [1.807, 2.05) is 6.07 Å². The molecule has 6 nitrogen and oxygen atoms in total. The third kappa shape index (κ3) is 2.65. The molecule has 1 aromatic carbocycles. The molecule has 1 aliphatic rings. The first-order chi connectivity index (χ1) is 11.3. The monoisotopic (exact) mass is 310 g/mol. The second-order valence-electron chi connectivity index (χ2n) is 5.38. The molecule has 0 unspecified atom stereocenters. The highest BCUT2D eigenvalue weighted by atomic mass is 19.1. The van der Waals surface area contributed by atoms with Gasteiger partial charge in [-0.1, -0.05) is 0 Å². The summed E-state index contributed by atoms with van der Waals surface area (Å²) in [4.78, 5) is 21.5. The Morgan fingerprint density at radius 2 is 1.61 bits per heavy atom. The average molecular weight is 310 g/mol. The van der Waals surface area contributed by atoms with Gasteiger partial charge in [0.2, 0.25) is 5.95 Å². The Bertz CT molecular complexity index is 817. The molecule has 3 aromatic rings. The van der Waals surface area contributed by atoms with E-state index in [4.69, 9.17) is 0 Å². The summed E-state index contributed by atoms with van der Waals surface area (Å²) in [6.45, 7) is 3.25. The number of piperazine rings is 1. The Kier molecular flexibility index (Phi) is 3.45. The van der Waals surface area contributed by atoms with Crippen LogP contribution >= 0.6 is 0 Å². The van der Waals surface area contributed by atoms with Gasteiger partial charge in [0, 0.05) is 50.0 Å². The van der Waals surface area contributed by atoms with E-state index < -0.39 is 0 Å². The summed E-state index contributed by atoms with van der Waals surface area (Å²) in [5.41, 5.74) is 0.629. The number of anilines is 2. The largest absolute Gasteiger partial charge is 0.352 e. The number of nitrogens with zero attached hydrogens (tertiary/aromatic N) is 6. The first-order valence-electron chi connectivity index (χ1n) is 7.48. The molecule has 1 saturated heterocycles. The van der Waals surface area contributed by atoms with Crippen LogP contribution in [0.3, 0.4) is 0 Å². The van der Waals surface area contributed by atoms with Gasteiger partial charge in [-0.15, -0.1) is 0 Å². The number of rotatable bonds is 2. The number of fused-ring (bicyclic) bond motifs is 1. The number of aromatic nitrogens is 4. The minimum Gasteiger partial charge on any atom is -0.352 e.